The van der Waals surface area contributed by atoms with Gasteiger partial charge in [0.15, 0.2) is 0 Å². The topological polar surface area (TPSA) is 82.4 Å². The highest BCUT2D eigenvalue weighted by molar-refractivity contribution is 6.33. The fraction of sp³-hybridized carbons (Fsp3) is 0.375. The van der Waals surface area contributed by atoms with Crippen molar-refractivity contribution in [2.75, 3.05) is 19.8 Å². The van der Waals surface area contributed by atoms with Gasteiger partial charge in [0.2, 0.25) is 5.91 Å². The molecule has 1 atom stereocenters. The van der Waals surface area contributed by atoms with E-state index < -0.39 is 6.04 Å². The SMILES string of the molecule is N#CCCN(C(=O)CC(NC(=O)c1ccccc1Cl)c1ccccc1)C1CCOCC1. The Morgan fingerprint density at radius 1 is 1.13 bits per heavy atom. The van der Waals surface area contributed by atoms with Crippen LogP contribution < -0.4 is 5.32 Å². The summed E-state index contributed by atoms with van der Waals surface area (Å²) in [6.07, 6.45) is 1.87. The van der Waals surface area contributed by atoms with Gasteiger partial charge in [-0.15, -0.1) is 0 Å². The van der Waals surface area contributed by atoms with Crippen LogP contribution in [0.5, 0.6) is 0 Å². The van der Waals surface area contributed by atoms with E-state index in [0.717, 1.165) is 18.4 Å². The lowest BCUT2D eigenvalue weighted by molar-refractivity contribution is -0.135. The number of nitrogens with one attached hydrogen (secondary N) is 1. The zero-order valence-corrected chi connectivity index (χ0v) is 18.1. The molecule has 0 spiro atoms. The van der Waals surface area contributed by atoms with Gasteiger partial charge in [0.05, 0.1) is 35.5 Å². The van der Waals surface area contributed by atoms with Gasteiger partial charge < -0.3 is 15.0 Å². The van der Waals surface area contributed by atoms with Crippen LogP contribution in [-0.4, -0.2) is 42.5 Å². The lowest BCUT2D eigenvalue weighted by Gasteiger charge is -2.35. The third-order valence-electron chi connectivity index (χ3n) is 5.42. The van der Waals surface area contributed by atoms with E-state index in [1.54, 1.807) is 29.2 Å². The van der Waals surface area contributed by atoms with Crippen molar-refractivity contribution in [1.82, 2.24) is 10.2 Å². The Morgan fingerprint density at radius 3 is 2.48 bits per heavy atom. The number of carbonyl (C=O) groups is 2. The lowest BCUT2D eigenvalue weighted by atomic mass is 10.00. The van der Waals surface area contributed by atoms with Crippen molar-refractivity contribution in [3.63, 3.8) is 0 Å². The molecule has 2 aromatic carbocycles. The van der Waals surface area contributed by atoms with Crippen LogP contribution in [0.3, 0.4) is 0 Å². The number of nitriles is 1. The Morgan fingerprint density at radius 2 is 1.81 bits per heavy atom. The number of carbonyl (C=O) groups excluding carboxylic acids is 2. The molecule has 0 saturated carbocycles. The predicted octanol–water partition coefficient (Wildman–Crippen LogP) is 4.12. The summed E-state index contributed by atoms with van der Waals surface area (Å²) in [6, 6.07) is 17.9. The molecule has 0 aromatic heterocycles. The number of hydrogen-bond donors (Lipinski definition) is 1. The molecule has 0 bridgehead atoms. The number of hydrogen-bond acceptors (Lipinski definition) is 4. The van der Waals surface area contributed by atoms with Crippen molar-refractivity contribution < 1.29 is 14.3 Å². The smallest absolute Gasteiger partial charge is 0.253 e. The third-order valence-corrected chi connectivity index (χ3v) is 5.75. The molecular formula is C24H26ClN3O3. The minimum Gasteiger partial charge on any atom is -0.381 e. The molecule has 162 valence electrons. The quantitative estimate of drug-likeness (QED) is 0.670. The molecule has 31 heavy (non-hydrogen) atoms. The first-order chi connectivity index (χ1) is 15.1. The molecule has 6 nitrogen and oxygen atoms in total. The fourth-order valence-corrected chi connectivity index (χ4v) is 4.01. The summed E-state index contributed by atoms with van der Waals surface area (Å²) in [6.45, 7) is 1.58. The highest BCUT2D eigenvalue weighted by Crippen LogP contribution is 2.23. The molecule has 0 aliphatic carbocycles. The summed E-state index contributed by atoms with van der Waals surface area (Å²) in [5.74, 6) is -0.419. The Labute approximate surface area is 187 Å². The summed E-state index contributed by atoms with van der Waals surface area (Å²) < 4.78 is 5.42. The van der Waals surface area contributed by atoms with Crippen molar-refractivity contribution in [2.45, 2.75) is 37.8 Å². The van der Waals surface area contributed by atoms with Crippen LogP contribution in [0.1, 0.15) is 47.6 Å². The molecule has 1 aliphatic rings. The summed E-state index contributed by atoms with van der Waals surface area (Å²) in [4.78, 5) is 28.0. The van der Waals surface area contributed by atoms with Crippen molar-refractivity contribution >= 4 is 23.4 Å². The number of rotatable bonds is 8. The van der Waals surface area contributed by atoms with E-state index >= 15 is 0 Å². The molecule has 1 unspecified atom stereocenters. The van der Waals surface area contributed by atoms with Crippen molar-refractivity contribution in [3.05, 3.63) is 70.7 Å². The lowest BCUT2D eigenvalue weighted by Crippen LogP contribution is -2.45. The van der Waals surface area contributed by atoms with Gasteiger partial charge in [0.25, 0.3) is 5.91 Å². The average molecular weight is 440 g/mol. The number of halogens is 1. The molecule has 3 rings (SSSR count). The molecular weight excluding hydrogens is 414 g/mol. The Kier molecular flexibility index (Phi) is 8.45. The monoisotopic (exact) mass is 439 g/mol. The van der Waals surface area contributed by atoms with Gasteiger partial charge in [-0.1, -0.05) is 54.1 Å². The molecule has 1 aliphatic heterocycles. The van der Waals surface area contributed by atoms with Gasteiger partial charge >= 0.3 is 0 Å². The first-order valence-electron chi connectivity index (χ1n) is 10.4. The first kappa shape index (κ1) is 22.8. The van der Waals surface area contributed by atoms with Gasteiger partial charge in [-0.3, -0.25) is 9.59 Å². The summed E-state index contributed by atoms with van der Waals surface area (Å²) in [7, 11) is 0. The number of ether oxygens (including phenoxy) is 1. The first-order valence-corrected chi connectivity index (χ1v) is 10.8. The van der Waals surface area contributed by atoms with E-state index in [0.29, 0.717) is 30.3 Å². The molecule has 1 fully saturated rings. The highest BCUT2D eigenvalue weighted by atomic mass is 35.5. The van der Waals surface area contributed by atoms with E-state index in [1.807, 2.05) is 30.3 Å². The Bertz CT molecular complexity index is 923. The molecule has 0 radical (unpaired) electrons. The largest absolute Gasteiger partial charge is 0.381 e. The molecule has 1 saturated heterocycles. The highest BCUT2D eigenvalue weighted by Gasteiger charge is 2.28. The normalized spacial score (nSPS) is 15.0. The van der Waals surface area contributed by atoms with Crippen LogP contribution in [0.15, 0.2) is 54.6 Å². The van der Waals surface area contributed by atoms with E-state index in [1.165, 1.54) is 0 Å². The zero-order chi connectivity index (χ0) is 22.1. The van der Waals surface area contributed by atoms with E-state index in [4.69, 9.17) is 21.6 Å². The van der Waals surface area contributed by atoms with Crippen LogP contribution >= 0.6 is 11.6 Å². The second-order valence-corrected chi connectivity index (χ2v) is 7.87. The van der Waals surface area contributed by atoms with Crippen molar-refractivity contribution in [1.29, 1.82) is 5.26 Å². The summed E-state index contributed by atoms with van der Waals surface area (Å²) >= 11 is 6.19. The third kappa shape index (κ3) is 6.30. The fourth-order valence-electron chi connectivity index (χ4n) is 3.79. The molecule has 1 N–H and O–H groups in total. The molecule has 7 heteroatoms. The maximum absolute atomic E-state index is 13.3. The number of nitrogens with zero attached hydrogens (tertiary/aromatic N) is 2. The van der Waals surface area contributed by atoms with Gasteiger partial charge in [0.1, 0.15) is 0 Å². The molecule has 2 aromatic rings. The molecule has 2 amide bonds. The van der Waals surface area contributed by atoms with Crippen LogP contribution in [0.4, 0.5) is 0 Å². The maximum atomic E-state index is 13.3. The van der Waals surface area contributed by atoms with E-state index in [-0.39, 0.29) is 30.7 Å². The van der Waals surface area contributed by atoms with E-state index in [9.17, 15) is 9.59 Å². The van der Waals surface area contributed by atoms with Crippen molar-refractivity contribution in [3.8, 4) is 6.07 Å². The standard InChI is InChI=1S/C24H26ClN3O3/c25-21-10-5-4-9-20(21)24(30)27-22(18-7-2-1-3-8-18)17-23(29)28(14-6-13-26)19-11-15-31-16-12-19/h1-5,7-10,19,22H,6,11-12,14-17H2,(H,27,30). The Balaban J connectivity index is 1.80. The Hall–Kier alpha value is -2.88. The summed E-state index contributed by atoms with van der Waals surface area (Å²) in [5, 5.41) is 12.4. The van der Waals surface area contributed by atoms with Crippen LogP contribution in [0.25, 0.3) is 0 Å². The average Bonchev–Trinajstić information content (AvgIpc) is 2.80. The minimum atomic E-state index is -0.512. The van der Waals surface area contributed by atoms with Gasteiger partial charge in [-0.2, -0.15) is 5.26 Å². The zero-order valence-electron chi connectivity index (χ0n) is 17.3. The molecule has 1 heterocycles. The van der Waals surface area contributed by atoms with Crippen LogP contribution in [0.2, 0.25) is 5.02 Å². The second kappa shape index (κ2) is 11.5. The van der Waals surface area contributed by atoms with Gasteiger partial charge in [0, 0.05) is 25.8 Å². The van der Waals surface area contributed by atoms with Gasteiger partial charge in [-0.25, -0.2) is 0 Å². The van der Waals surface area contributed by atoms with Crippen LogP contribution in [-0.2, 0) is 9.53 Å². The maximum Gasteiger partial charge on any atom is 0.253 e. The predicted molar refractivity (Wildman–Crippen MR) is 119 cm³/mol. The van der Waals surface area contributed by atoms with Crippen molar-refractivity contribution in [2.24, 2.45) is 0 Å². The second-order valence-electron chi connectivity index (χ2n) is 7.46. The number of amides is 2. The summed E-state index contributed by atoms with van der Waals surface area (Å²) in [5.41, 5.74) is 1.20. The number of benzene rings is 2. The van der Waals surface area contributed by atoms with Gasteiger partial charge in [-0.05, 0) is 30.5 Å². The minimum absolute atomic E-state index is 0.0466. The van der Waals surface area contributed by atoms with E-state index in [2.05, 4.69) is 11.4 Å². The van der Waals surface area contributed by atoms with Crippen LogP contribution in [0, 0.1) is 11.3 Å².